The van der Waals surface area contributed by atoms with Gasteiger partial charge in [-0.1, -0.05) is 12.1 Å². The first-order valence-electron chi connectivity index (χ1n) is 5.55. The monoisotopic (exact) mass is 299 g/mol. The molecule has 0 bridgehead atoms. The van der Waals surface area contributed by atoms with E-state index in [1.54, 1.807) is 6.07 Å². The zero-order valence-electron chi connectivity index (χ0n) is 10.4. The van der Waals surface area contributed by atoms with E-state index in [-0.39, 0.29) is 10.6 Å². The highest BCUT2D eigenvalue weighted by Crippen LogP contribution is 2.26. The molecular formula is C13H11F2NO3S. The first-order valence-corrected chi connectivity index (χ1v) is 7.03. The molecule has 0 aromatic heterocycles. The Labute approximate surface area is 115 Å². The number of nitrogens with one attached hydrogen (secondary N) is 1. The minimum atomic E-state index is -4.08. The van der Waals surface area contributed by atoms with Crippen LogP contribution in [-0.2, 0) is 10.0 Å². The molecule has 0 aliphatic rings. The van der Waals surface area contributed by atoms with Crippen LogP contribution in [0, 0.1) is 11.6 Å². The molecule has 4 nitrogen and oxygen atoms in total. The van der Waals surface area contributed by atoms with Crippen LogP contribution >= 0.6 is 0 Å². The lowest BCUT2D eigenvalue weighted by Crippen LogP contribution is -2.15. The average molecular weight is 299 g/mol. The van der Waals surface area contributed by atoms with Crippen LogP contribution in [0.5, 0.6) is 5.75 Å². The molecule has 0 atom stereocenters. The van der Waals surface area contributed by atoms with Crippen LogP contribution in [0.4, 0.5) is 14.5 Å². The van der Waals surface area contributed by atoms with E-state index < -0.39 is 27.3 Å². The molecule has 2 rings (SSSR count). The molecule has 0 spiro atoms. The smallest absolute Gasteiger partial charge is 0.265 e. The Morgan fingerprint density at radius 3 is 2.50 bits per heavy atom. The van der Waals surface area contributed by atoms with Crippen molar-refractivity contribution < 1.29 is 21.9 Å². The van der Waals surface area contributed by atoms with Crippen LogP contribution in [0.1, 0.15) is 0 Å². The van der Waals surface area contributed by atoms with Gasteiger partial charge in [0.2, 0.25) is 0 Å². The number of sulfonamides is 1. The summed E-state index contributed by atoms with van der Waals surface area (Å²) in [5.74, 6) is -1.51. The van der Waals surface area contributed by atoms with Gasteiger partial charge in [0.15, 0.2) is 0 Å². The van der Waals surface area contributed by atoms with E-state index in [1.807, 2.05) is 4.72 Å². The van der Waals surface area contributed by atoms with Crippen molar-refractivity contribution in [1.82, 2.24) is 0 Å². The lowest BCUT2D eigenvalue weighted by Gasteiger charge is -2.11. The molecule has 0 amide bonds. The largest absolute Gasteiger partial charge is 0.495 e. The average Bonchev–Trinajstić information content (AvgIpc) is 2.42. The van der Waals surface area contributed by atoms with Crippen molar-refractivity contribution in [2.24, 2.45) is 0 Å². The van der Waals surface area contributed by atoms with E-state index >= 15 is 0 Å². The van der Waals surface area contributed by atoms with Crippen LogP contribution in [0.15, 0.2) is 47.4 Å². The predicted molar refractivity (Wildman–Crippen MR) is 70.2 cm³/mol. The van der Waals surface area contributed by atoms with Crippen LogP contribution < -0.4 is 9.46 Å². The predicted octanol–water partition coefficient (Wildman–Crippen LogP) is 2.77. The van der Waals surface area contributed by atoms with Gasteiger partial charge >= 0.3 is 0 Å². The van der Waals surface area contributed by atoms with Gasteiger partial charge in [-0.2, -0.15) is 0 Å². The number of anilines is 1. The second kappa shape index (κ2) is 5.46. The summed E-state index contributed by atoms with van der Waals surface area (Å²) in [6.07, 6.45) is 0. The summed E-state index contributed by atoms with van der Waals surface area (Å²) in [5, 5.41) is 0. The molecule has 0 aliphatic carbocycles. The van der Waals surface area contributed by atoms with Gasteiger partial charge in [-0.25, -0.2) is 17.2 Å². The fourth-order valence-corrected chi connectivity index (χ4v) is 2.85. The normalized spacial score (nSPS) is 11.2. The van der Waals surface area contributed by atoms with Crippen molar-refractivity contribution >= 4 is 15.7 Å². The highest BCUT2D eigenvalue weighted by Gasteiger charge is 2.20. The number of methoxy groups -OCH3 is 1. The quantitative estimate of drug-likeness (QED) is 0.944. The molecule has 2 aromatic rings. The minimum absolute atomic E-state index is 0.108. The number of hydrogen-bond acceptors (Lipinski definition) is 3. The van der Waals surface area contributed by atoms with Crippen LogP contribution in [0.25, 0.3) is 0 Å². The topological polar surface area (TPSA) is 55.4 Å². The third-order valence-corrected chi connectivity index (χ3v) is 3.94. The van der Waals surface area contributed by atoms with Crippen molar-refractivity contribution in [3.05, 3.63) is 54.1 Å². The Bertz CT molecular complexity index is 732. The molecule has 2 aromatic carbocycles. The standard InChI is InChI=1S/C13H11F2NO3S/c1-19-12-4-2-3-5-13(12)20(17,18)16-11-8-9(14)6-7-10(11)15/h2-8,16H,1H3. The SMILES string of the molecule is COc1ccccc1S(=O)(=O)Nc1cc(F)ccc1F. The van der Waals surface area contributed by atoms with Crippen molar-refractivity contribution in [3.63, 3.8) is 0 Å². The van der Waals surface area contributed by atoms with E-state index in [9.17, 15) is 17.2 Å². The van der Waals surface area contributed by atoms with E-state index in [0.717, 1.165) is 18.2 Å². The van der Waals surface area contributed by atoms with E-state index in [4.69, 9.17) is 4.74 Å². The van der Waals surface area contributed by atoms with E-state index in [1.165, 1.54) is 25.3 Å². The van der Waals surface area contributed by atoms with E-state index in [2.05, 4.69) is 0 Å². The van der Waals surface area contributed by atoms with Gasteiger partial charge in [0.1, 0.15) is 22.3 Å². The highest BCUT2D eigenvalue weighted by molar-refractivity contribution is 7.92. The maximum atomic E-state index is 13.5. The molecule has 0 saturated heterocycles. The summed E-state index contributed by atoms with van der Waals surface area (Å²) in [7, 11) is -2.76. The third-order valence-electron chi connectivity index (χ3n) is 2.53. The molecule has 0 radical (unpaired) electrons. The number of halogens is 2. The second-order valence-corrected chi connectivity index (χ2v) is 5.53. The third kappa shape index (κ3) is 2.88. The van der Waals surface area contributed by atoms with Crippen molar-refractivity contribution in [1.29, 1.82) is 0 Å². The summed E-state index contributed by atoms with van der Waals surface area (Å²) in [4.78, 5) is -0.161. The van der Waals surface area contributed by atoms with Gasteiger partial charge in [-0.3, -0.25) is 4.72 Å². The molecule has 1 N–H and O–H groups in total. The van der Waals surface area contributed by atoms with Crippen molar-refractivity contribution in [2.45, 2.75) is 4.90 Å². The summed E-state index contributed by atoms with van der Waals surface area (Å²) < 4.78 is 57.8. The summed E-state index contributed by atoms with van der Waals surface area (Å²) in [5.41, 5.74) is -0.462. The lowest BCUT2D eigenvalue weighted by atomic mass is 10.3. The first-order chi connectivity index (χ1) is 9.44. The molecular weight excluding hydrogens is 288 g/mol. The molecule has 0 heterocycles. The van der Waals surface area contributed by atoms with Gasteiger partial charge in [0, 0.05) is 6.07 Å². The Balaban J connectivity index is 2.43. The lowest BCUT2D eigenvalue weighted by molar-refractivity contribution is 0.403. The van der Waals surface area contributed by atoms with Gasteiger partial charge in [-0.15, -0.1) is 0 Å². The Kier molecular flexibility index (Phi) is 3.89. The minimum Gasteiger partial charge on any atom is -0.495 e. The number of ether oxygens (including phenoxy) is 1. The fourth-order valence-electron chi connectivity index (χ4n) is 1.62. The Hall–Kier alpha value is -2.15. The van der Waals surface area contributed by atoms with Gasteiger partial charge in [-0.05, 0) is 24.3 Å². The molecule has 0 saturated carbocycles. The van der Waals surface area contributed by atoms with Gasteiger partial charge < -0.3 is 4.74 Å². The Morgan fingerprint density at radius 2 is 1.80 bits per heavy atom. The van der Waals surface area contributed by atoms with Crippen LogP contribution in [0.3, 0.4) is 0 Å². The second-order valence-electron chi connectivity index (χ2n) is 3.88. The molecule has 0 fully saturated rings. The first kappa shape index (κ1) is 14.3. The number of para-hydroxylation sites is 1. The molecule has 0 aliphatic heterocycles. The maximum Gasteiger partial charge on any atom is 0.265 e. The highest BCUT2D eigenvalue weighted by atomic mass is 32.2. The molecule has 0 unspecified atom stereocenters. The summed E-state index contributed by atoms with van der Waals surface area (Å²) >= 11 is 0. The molecule has 106 valence electrons. The zero-order valence-corrected chi connectivity index (χ0v) is 11.2. The van der Waals surface area contributed by atoms with Crippen LogP contribution in [0.2, 0.25) is 0 Å². The summed E-state index contributed by atoms with van der Waals surface area (Å²) in [6, 6.07) is 8.36. The number of hydrogen-bond donors (Lipinski definition) is 1. The maximum absolute atomic E-state index is 13.5. The van der Waals surface area contributed by atoms with Crippen LogP contribution in [-0.4, -0.2) is 15.5 Å². The van der Waals surface area contributed by atoms with Gasteiger partial charge in [0.25, 0.3) is 10.0 Å². The van der Waals surface area contributed by atoms with Crippen molar-refractivity contribution in [3.8, 4) is 5.75 Å². The Morgan fingerprint density at radius 1 is 1.10 bits per heavy atom. The zero-order chi connectivity index (χ0) is 14.8. The van der Waals surface area contributed by atoms with E-state index in [0.29, 0.717) is 0 Å². The molecule has 20 heavy (non-hydrogen) atoms. The van der Waals surface area contributed by atoms with Gasteiger partial charge in [0.05, 0.1) is 12.8 Å². The number of benzene rings is 2. The fraction of sp³-hybridized carbons (Fsp3) is 0.0769. The van der Waals surface area contributed by atoms with Crippen molar-refractivity contribution in [2.75, 3.05) is 11.8 Å². The summed E-state index contributed by atoms with van der Waals surface area (Å²) in [6.45, 7) is 0. The number of rotatable bonds is 4. The molecule has 7 heteroatoms.